The summed E-state index contributed by atoms with van der Waals surface area (Å²) in [5.74, 6) is 0.871. The average Bonchev–Trinajstić information content (AvgIpc) is 2.53. The molecule has 3 rings (SSSR count). The fourth-order valence-electron chi connectivity index (χ4n) is 1.86. The molecular weight excluding hydrogens is 307 g/mol. The van der Waals surface area contributed by atoms with Gasteiger partial charge >= 0.3 is 0 Å². The van der Waals surface area contributed by atoms with E-state index in [9.17, 15) is 0 Å². The molecule has 0 saturated heterocycles. The lowest BCUT2D eigenvalue weighted by Gasteiger charge is -2.07. The standard InChI is InChI=1S/C16H10Cl2N2O/c17-14-10-19-16(18)20-15(14)21-13-8-6-12(7-9-13)11-4-2-1-3-5-11/h1-10H. The van der Waals surface area contributed by atoms with Crippen LogP contribution in [-0.2, 0) is 0 Å². The topological polar surface area (TPSA) is 35.0 Å². The SMILES string of the molecule is Clc1ncc(Cl)c(Oc2ccc(-c3ccccc3)cc2)n1. The van der Waals surface area contributed by atoms with Gasteiger partial charge in [0.2, 0.25) is 11.2 Å². The molecule has 0 radical (unpaired) electrons. The van der Waals surface area contributed by atoms with E-state index in [-0.39, 0.29) is 11.2 Å². The number of aromatic nitrogens is 2. The first kappa shape index (κ1) is 13.9. The maximum atomic E-state index is 5.96. The van der Waals surface area contributed by atoms with Crippen molar-refractivity contribution in [3.63, 3.8) is 0 Å². The molecule has 3 nitrogen and oxygen atoms in total. The molecule has 0 N–H and O–H groups in total. The number of halogens is 2. The average molecular weight is 317 g/mol. The normalized spacial score (nSPS) is 10.4. The summed E-state index contributed by atoms with van der Waals surface area (Å²) < 4.78 is 5.61. The van der Waals surface area contributed by atoms with Crippen molar-refractivity contribution in [2.45, 2.75) is 0 Å². The van der Waals surface area contributed by atoms with Gasteiger partial charge in [0, 0.05) is 0 Å². The van der Waals surface area contributed by atoms with Gasteiger partial charge in [0.25, 0.3) is 0 Å². The molecule has 3 aromatic rings. The van der Waals surface area contributed by atoms with Gasteiger partial charge in [-0.3, -0.25) is 0 Å². The van der Waals surface area contributed by atoms with Crippen LogP contribution in [0.5, 0.6) is 11.6 Å². The van der Waals surface area contributed by atoms with Gasteiger partial charge in [0.15, 0.2) is 0 Å². The predicted octanol–water partition coefficient (Wildman–Crippen LogP) is 5.24. The molecule has 0 saturated carbocycles. The van der Waals surface area contributed by atoms with Gasteiger partial charge < -0.3 is 4.74 Å². The smallest absolute Gasteiger partial charge is 0.242 e. The van der Waals surface area contributed by atoms with Crippen LogP contribution in [0, 0.1) is 0 Å². The molecule has 1 heterocycles. The van der Waals surface area contributed by atoms with Crippen LogP contribution in [0.3, 0.4) is 0 Å². The molecular formula is C16H10Cl2N2O. The third-order valence-corrected chi connectivity index (χ3v) is 3.30. The van der Waals surface area contributed by atoms with Crippen LogP contribution in [0.25, 0.3) is 11.1 Å². The third-order valence-electron chi connectivity index (χ3n) is 2.86. The fourth-order valence-corrected chi connectivity index (χ4v) is 2.12. The van der Waals surface area contributed by atoms with Crippen LogP contribution in [0.1, 0.15) is 0 Å². The molecule has 0 aliphatic carbocycles. The molecule has 0 unspecified atom stereocenters. The third kappa shape index (κ3) is 3.32. The summed E-state index contributed by atoms with van der Waals surface area (Å²) in [6.45, 7) is 0. The van der Waals surface area contributed by atoms with Crippen molar-refractivity contribution in [2.24, 2.45) is 0 Å². The van der Waals surface area contributed by atoms with Gasteiger partial charge in [0.1, 0.15) is 10.8 Å². The molecule has 0 fully saturated rings. The lowest BCUT2D eigenvalue weighted by atomic mass is 10.1. The van der Waals surface area contributed by atoms with Crippen molar-refractivity contribution in [2.75, 3.05) is 0 Å². The Morgan fingerprint density at radius 3 is 2.19 bits per heavy atom. The van der Waals surface area contributed by atoms with Crippen LogP contribution >= 0.6 is 23.2 Å². The molecule has 104 valence electrons. The molecule has 0 bridgehead atoms. The zero-order valence-electron chi connectivity index (χ0n) is 10.8. The second kappa shape index (κ2) is 6.12. The van der Waals surface area contributed by atoms with Gasteiger partial charge in [-0.2, -0.15) is 4.98 Å². The van der Waals surface area contributed by atoms with E-state index in [2.05, 4.69) is 22.1 Å². The lowest BCUT2D eigenvalue weighted by Crippen LogP contribution is -1.91. The number of benzene rings is 2. The quantitative estimate of drug-likeness (QED) is 0.619. The molecule has 2 aromatic carbocycles. The van der Waals surface area contributed by atoms with Crippen LogP contribution in [0.2, 0.25) is 10.3 Å². The first-order valence-corrected chi connectivity index (χ1v) is 6.99. The summed E-state index contributed by atoms with van der Waals surface area (Å²) in [6, 6.07) is 17.8. The number of nitrogens with zero attached hydrogens (tertiary/aromatic N) is 2. The van der Waals surface area contributed by atoms with E-state index in [1.165, 1.54) is 6.20 Å². The zero-order chi connectivity index (χ0) is 14.7. The van der Waals surface area contributed by atoms with Crippen molar-refractivity contribution in [1.29, 1.82) is 0 Å². The van der Waals surface area contributed by atoms with E-state index in [0.29, 0.717) is 10.8 Å². The minimum Gasteiger partial charge on any atom is -0.437 e. The molecule has 0 aliphatic rings. The van der Waals surface area contributed by atoms with Crippen molar-refractivity contribution in [3.8, 4) is 22.8 Å². The van der Waals surface area contributed by atoms with Crippen molar-refractivity contribution in [1.82, 2.24) is 9.97 Å². The molecule has 0 spiro atoms. The van der Waals surface area contributed by atoms with Crippen molar-refractivity contribution >= 4 is 23.2 Å². The Labute approximate surface area is 132 Å². The Bertz CT molecular complexity index is 746. The zero-order valence-corrected chi connectivity index (χ0v) is 12.3. The molecule has 0 aliphatic heterocycles. The molecule has 21 heavy (non-hydrogen) atoms. The van der Waals surface area contributed by atoms with Crippen molar-refractivity contribution in [3.05, 3.63) is 71.1 Å². The Balaban J connectivity index is 1.83. The van der Waals surface area contributed by atoms with Gasteiger partial charge in [-0.1, -0.05) is 54.1 Å². The molecule has 0 amide bonds. The Morgan fingerprint density at radius 2 is 1.48 bits per heavy atom. The maximum Gasteiger partial charge on any atom is 0.242 e. The molecule has 0 atom stereocenters. The monoisotopic (exact) mass is 316 g/mol. The van der Waals surface area contributed by atoms with E-state index in [0.717, 1.165) is 11.1 Å². The first-order valence-electron chi connectivity index (χ1n) is 6.24. The van der Waals surface area contributed by atoms with E-state index in [1.807, 2.05) is 42.5 Å². The number of rotatable bonds is 3. The highest BCUT2D eigenvalue weighted by Gasteiger charge is 2.07. The van der Waals surface area contributed by atoms with E-state index in [4.69, 9.17) is 27.9 Å². The lowest BCUT2D eigenvalue weighted by molar-refractivity contribution is 0.462. The number of hydrogen-bond donors (Lipinski definition) is 0. The largest absolute Gasteiger partial charge is 0.437 e. The van der Waals surface area contributed by atoms with Crippen LogP contribution in [0.4, 0.5) is 0 Å². The summed E-state index contributed by atoms with van der Waals surface area (Å²) in [5, 5.41) is 0.404. The summed E-state index contributed by atoms with van der Waals surface area (Å²) in [4.78, 5) is 7.73. The highest BCUT2D eigenvalue weighted by molar-refractivity contribution is 6.32. The fraction of sp³-hybridized carbons (Fsp3) is 0. The second-order valence-corrected chi connectivity index (χ2v) is 5.03. The first-order chi connectivity index (χ1) is 10.2. The van der Waals surface area contributed by atoms with Crippen LogP contribution in [0.15, 0.2) is 60.8 Å². The van der Waals surface area contributed by atoms with E-state index < -0.39 is 0 Å². The Hall–Kier alpha value is -2.10. The molecule has 1 aromatic heterocycles. The summed E-state index contributed by atoms with van der Waals surface area (Å²) in [6.07, 6.45) is 1.41. The maximum absolute atomic E-state index is 5.96. The second-order valence-electron chi connectivity index (χ2n) is 4.28. The number of ether oxygens (including phenoxy) is 1. The van der Waals surface area contributed by atoms with Gasteiger partial charge in [-0.15, -0.1) is 0 Å². The van der Waals surface area contributed by atoms with Gasteiger partial charge in [-0.25, -0.2) is 4.98 Å². The molecule has 5 heteroatoms. The summed E-state index contributed by atoms with van der Waals surface area (Å²) in [7, 11) is 0. The highest BCUT2D eigenvalue weighted by atomic mass is 35.5. The minimum atomic E-state index is 0.0929. The Morgan fingerprint density at radius 1 is 0.810 bits per heavy atom. The Kier molecular flexibility index (Phi) is 4.04. The van der Waals surface area contributed by atoms with Gasteiger partial charge in [-0.05, 0) is 34.9 Å². The summed E-state index contributed by atoms with van der Waals surface area (Å²) >= 11 is 11.7. The predicted molar refractivity (Wildman–Crippen MR) is 84.0 cm³/mol. The van der Waals surface area contributed by atoms with Crippen LogP contribution in [-0.4, -0.2) is 9.97 Å². The van der Waals surface area contributed by atoms with Crippen molar-refractivity contribution < 1.29 is 4.74 Å². The summed E-state index contributed by atoms with van der Waals surface area (Å²) in [5.41, 5.74) is 2.25. The van der Waals surface area contributed by atoms with E-state index >= 15 is 0 Å². The number of hydrogen-bond acceptors (Lipinski definition) is 3. The van der Waals surface area contributed by atoms with E-state index in [1.54, 1.807) is 0 Å². The van der Waals surface area contributed by atoms with Gasteiger partial charge in [0.05, 0.1) is 6.20 Å². The minimum absolute atomic E-state index is 0.0929. The van der Waals surface area contributed by atoms with Crippen LogP contribution < -0.4 is 4.74 Å². The highest BCUT2D eigenvalue weighted by Crippen LogP contribution is 2.29.